The van der Waals surface area contributed by atoms with Crippen LogP contribution in [0.4, 0.5) is 0 Å². The number of hydrogen-bond donors (Lipinski definition) is 1. The second-order valence-corrected chi connectivity index (χ2v) is 8.90. The molecule has 0 aromatic heterocycles. The van der Waals surface area contributed by atoms with Crippen molar-refractivity contribution in [2.45, 2.75) is 6.42 Å². The average Bonchev–Trinajstić information content (AvgIpc) is 2.26. The van der Waals surface area contributed by atoms with Crippen LogP contribution in [0, 0.1) is 0 Å². The third kappa shape index (κ3) is 7.27. The summed E-state index contributed by atoms with van der Waals surface area (Å²) in [5.41, 5.74) is -2.27. The van der Waals surface area contributed by atoms with Crippen LogP contribution in [-0.2, 0) is 30.4 Å². The quantitative estimate of drug-likeness (QED) is 0.526. The molecule has 15 heavy (non-hydrogen) atoms. The van der Waals surface area contributed by atoms with Gasteiger partial charge < -0.3 is 18.9 Å². The minimum atomic E-state index is -2.27. The maximum atomic E-state index is 11.0. The molecule has 0 bridgehead atoms. The zero-order valence-corrected chi connectivity index (χ0v) is 11.2. The highest BCUT2D eigenvalue weighted by molar-refractivity contribution is 8.67. The number of aliphatic hydroxyl groups excluding tert-OH is 1. The van der Waals surface area contributed by atoms with E-state index >= 15 is 0 Å². The molecule has 0 rings (SSSR count). The van der Waals surface area contributed by atoms with Gasteiger partial charge in [-0.3, -0.25) is 4.79 Å². The maximum absolute atomic E-state index is 11.0. The normalized spacial score (nSPS) is 14.6. The molecule has 1 atom stereocenters. The van der Waals surface area contributed by atoms with Crippen molar-refractivity contribution in [1.82, 2.24) is 0 Å². The lowest BCUT2D eigenvalue weighted by molar-refractivity contribution is -0.145. The van der Waals surface area contributed by atoms with Crippen molar-refractivity contribution in [3.63, 3.8) is 0 Å². The molecule has 0 aromatic rings. The molecule has 0 saturated heterocycles. The van der Waals surface area contributed by atoms with E-state index < -0.39 is 11.7 Å². The first-order chi connectivity index (χ1) is 7.08. The molecule has 5 nitrogen and oxygen atoms in total. The van der Waals surface area contributed by atoms with Gasteiger partial charge in [-0.1, -0.05) is 11.4 Å². The summed E-state index contributed by atoms with van der Waals surface area (Å²) < 4.78 is 14.9. The Morgan fingerprint density at radius 3 is 2.67 bits per heavy atom. The van der Waals surface area contributed by atoms with Crippen molar-refractivity contribution < 1.29 is 23.7 Å². The van der Waals surface area contributed by atoms with Gasteiger partial charge in [0.15, 0.2) is 0 Å². The molecule has 0 aromatic carbocycles. The largest absolute Gasteiger partial charge is 0.463 e. The molecule has 0 aliphatic carbocycles. The predicted octanol–water partition coefficient (Wildman–Crippen LogP) is 1.16. The molecule has 0 fully saturated rings. The molecular formula is C7H15O5PS2. The number of esters is 1. The maximum Gasteiger partial charge on any atom is 0.308 e. The molecule has 0 saturated carbocycles. The number of ether oxygens (including phenoxy) is 1. The van der Waals surface area contributed by atoms with Gasteiger partial charge in [-0.25, -0.2) is 0 Å². The van der Waals surface area contributed by atoms with Gasteiger partial charge in [0.05, 0.1) is 19.6 Å². The van der Waals surface area contributed by atoms with Gasteiger partial charge in [0, 0.05) is 7.11 Å². The van der Waals surface area contributed by atoms with Gasteiger partial charge in [-0.15, -0.1) is 0 Å². The Bertz CT molecular complexity index is 227. The Hall–Kier alpha value is 0.350. The number of carbonyl (C=O) groups excluding carboxylic acids is 1. The summed E-state index contributed by atoms with van der Waals surface area (Å²) >= 11 is 6.41. The van der Waals surface area contributed by atoms with Crippen LogP contribution in [0.15, 0.2) is 0 Å². The fourth-order valence-electron chi connectivity index (χ4n) is 0.652. The highest BCUT2D eigenvalue weighted by Crippen LogP contribution is 2.58. The van der Waals surface area contributed by atoms with Crippen molar-refractivity contribution in [1.29, 1.82) is 0 Å². The minimum absolute atomic E-state index is 0.0137. The Balaban J connectivity index is 3.69. The highest BCUT2D eigenvalue weighted by Gasteiger charge is 2.16. The van der Waals surface area contributed by atoms with Crippen LogP contribution in [0.2, 0.25) is 0 Å². The molecule has 0 aliphatic heterocycles. The van der Waals surface area contributed by atoms with E-state index in [1.54, 1.807) is 6.26 Å². The predicted molar refractivity (Wildman–Crippen MR) is 63.4 cm³/mol. The van der Waals surface area contributed by atoms with Crippen LogP contribution in [0.25, 0.3) is 0 Å². The summed E-state index contributed by atoms with van der Waals surface area (Å²) in [4.78, 5) is 11.0. The molecule has 1 unspecified atom stereocenters. The number of rotatable bonds is 8. The molecule has 0 radical (unpaired) electrons. The lowest BCUT2D eigenvalue weighted by Gasteiger charge is -2.16. The lowest BCUT2D eigenvalue weighted by Crippen LogP contribution is -2.10. The van der Waals surface area contributed by atoms with Gasteiger partial charge >= 0.3 is 5.97 Å². The highest BCUT2D eigenvalue weighted by atomic mass is 32.9. The van der Waals surface area contributed by atoms with Gasteiger partial charge in [-0.05, 0) is 18.1 Å². The molecule has 0 spiro atoms. The van der Waals surface area contributed by atoms with E-state index in [1.807, 2.05) is 0 Å². The van der Waals surface area contributed by atoms with Crippen LogP contribution in [0.3, 0.4) is 0 Å². The summed E-state index contributed by atoms with van der Waals surface area (Å²) in [6, 6.07) is 0. The summed E-state index contributed by atoms with van der Waals surface area (Å²) in [7, 11) is 1.49. The lowest BCUT2D eigenvalue weighted by atomic mass is 10.5. The number of aliphatic hydroxyl groups is 1. The smallest absolute Gasteiger partial charge is 0.308 e. The zero-order chi connectivity index (χ0) is 11.7. The molecular weight excluding hydrogens is 259 g/mol. The van der Waals surface area contributed by atoms with Crippen molar-refractivity contribution in [2.24, 2.45) is 0 Å². The Kier molecular flexibility index (Phi) is 8.69. The first-order valence-corrected chi connectivity index (χ1v) is 8.67. The minimum Gasteiger partial charge on any atom is -0.463 e. The first kappa shape index (κ1) is 15.3. The van der Waals surface area contributed by atoms with E-state index in [-0.39, 0.29) is 26.2 Å². The molecule has 0 amide bonds. The van der Waals surface area contributed by atoms with Gasteiger partial charge in [0.25, 0.3) is 0 Å². The van der Waals surface area contributed by atoms with Crippen molar-refractivity contribution in [3.05, 3.63) is 0 Å². The van der Waals surface area contributed by atoms with Crippen molar-refractivity contribution in [3.8, 4) is 0 Å². The van der Waals surface area contributed by atoms with Crippen LogP contribution in [0.5, 0.6) is 0 Å². The monoisotopic (exact) mass is 274 g/mol. The van der Waals surface area contributed by atoms with Gasteiger partial charge in [0.2, 0.25) is 5.69 Å². The molecule has 8 heteroatoms. The number of hydrogen-bond acceptors (Lipinski definition) is 7. The second-order valence-electron chi connectivity index (χ2n) is 2.34. The van der Waals surface area contributed by atoms with Crippen LogP contribution >= 0.6 is 17.1 Å². The van der Waals surface area contributed by atoms with Gasteiger partial charge in [-0.2, -0.15) is 0 Å². The zero-order valence-electron chi connectivity index (χ0n) is 8.67. The summed E-state index contributed by atoms with van der Waals surface area (Å²) in [5.74, 6) is -0.414. The fraction of sp³-hybridized carbons (Fsp3) is 0.857. The fourth-order valence-corrected chi connectivity index (χ4v) is 2.54. The van der Waals surface area contributed by atoms with Crippen LogP contribution < -0.4 is 0 Å². The average molecular weight is 274 g/mol. The van der Waals surface area contributed by atoms with E-state index in [2.05, 4.69) is 4.74 Å². The third-order valence-corrected chi connectivity index (χ3v) is 6.96. The summed E-state index contributed by atoms with van der Waals surface area (Å²) in [6.07, 6.45) is 1.91. The Morgan fingerprint density at radius 1 is 1.53 bits per heavy atom. The van der Waals surface area contributed by atoms with E-state index in [0.29, 0.717) is 0 Å². The second kappa shape index (κ2) is 8.50. The van der Waals surface area contributed by atoms with E-state index in [1.165, 1.54) is 18.5 Å². The summed E-state index contributed by atoms with van der Waals surface area (Å²) in [5, 5.41) is 8.40. The molecule has 1 N–H and O–H groups in total. The molecule has 90 valence electrons. The standard InChI is InChI=1S/C7H15O5PS2/c1-10-13(14,15-2)12-5-3-7(9)11-6-4-8/h8H,3-6H2,1-2H3. The van der Waals surface area contributed by atoms with E-state index in [0.717, 1.165) is 0 Å². The number of carbonyl (C=O) groups is 1. The van der Waals surface area contributed by atoms with Crippen molar-refractivity contribution in [2.75, 3.05) is 33.2 Å². The van der Waals surface area contributed by atoms with Gasteiger partial charge in [0.1, 0.15) is 6.61 Å². The Labute approximate surface area is 98.4 Å². The van der Waals surface area contributed by atoms with Crippen molar-refractivity contribution >= 4 is 34.9 Å². The van der Waals surface area contributed by atoms with E-state index in [9.17, 15) is 4.79 Å². The Morgan fingerprint density at radius 2 is 2.20 bits per heavy atom. The summed E-state index contributed by atoms with van der Waals surface area (Å²) in [6.45, 7) is 0.0173. The first-order valence-electron chi connectivity index (χ1n) is 4.20. The topological polar surface area (TPSA) is 65.0 Å². The third-order valence-electron chi connectivity index (χ3n) is 1.36. The van der Waals surface area contributed by atoms with E-state index in [4.69, 9.17) is 26.0 Å². The molecule has 0 heterocycles. The van der Waals surface area contributed by atoms with Crippen LogP contribution in [-0.4, -0.2) is 44.3 Å². The SMILES string of the molecule is COP(=S)(OCCC(=O)OCCO)SC. The molecule has 0 aliphatic rings. The van der Waals surface area contributed by atoms with Crippen LogP contribution in [0.1, 0.15) is 6.42 Å².